The molecule has 0 spiro atoms. The van der Waals surface area contributed by atoms with Gasteiger partial charge in [0.15, 0.2) is 0 Å². The molecular weight excluding hydrogens is 256 g/mol. The molecule has 19 heavy (non-hydrogen) atoms. The van der Waals surface area contributed by atoms with E-state index in [2.05, 4.69) is 30.1 Å². The molecule has 0 aliphatic carbocycles. The number of halogens is 1. The maximum absolute atomic E-state index is 6.04. The predicted octanol–water partition coefficient (Wildman–Crippen LogP) is 3.87. The first-order chi connectivity index (χ1) is 9.16. The van der Waals surface area contributed by atoms with Crippen molar-refractivity contribution in [2.24, 2.45) is 0 Å². The minimum Gasteiger partial charge on any atom is -0.309 e. The van der Waals surface area contributed by atoms with Crippen LogP contribution >= 0.6 is 11.6 Å². The van der Waals surface area contributed by atoms with Crippen LogP contribution in [0.2, 0.25) is 5.02 Å². The molecule has 3 heteroatoms. The van der Waals surface area contributed by atoms with Crippen molar-refractivity contribution in [3.05, 3.63) is 34.9 Å². The highest BCUT2D eigenvalue weighted by Gasteiger charge is 2.17. The van der Waals surface area contributed by atoms with E-state index in [-0.39, 0.29) is 0 Å². The van der Waals surface area contributed by atoms with E-state index in [1.54, 1.807) is 0 Å². The Morgan fingerprint density at radius 3 is 2.63 bits per heavy atom. The molecule has 0 aromatic heterocycles. The van der Waals surface area contributed by atoms with Crippen LogP contribution in [0.3, 0.4) is 0 Å². The second kappa shape index (κ2) is 7.28. The summed E-state index contributed by atoms with van der Waals surface area (Å²) in [5.74, 6) is 0. The van der Waals surface area contributed by atoms with Crippen molar-refractivity contribution in [3.8, 4) is 0 Å². The Morgan fingerprint density at radius 2 is 1.95 bits per heavy atom. The Morgan fingerprint density at radius 1 is 1.21 bits per heavy atom. The van der Waals surface area contributed by atoms with Crippen LogP contribution in [0.15, 0.2) is 24.3 Å². The summed E-state index contributed by atoms with van der Waals surface area (Å²) in [6.45, 7) is 8.08. The van der Waals surface area contributed by atoms with Crippen molar-refractivity contribution >= 4 is 11.6 Å². The second-order valence-electron chi connectivity index (χ2n) is 5.63. The Balaban J connectivity index is 1.80. The van der Waals surface area contributed by atoms with E-state index < -0.39 is 0 Å². The van der Waals surface area contributed by atoms with Crippen molar-refractivity contribution < 1.29 is 0 Å². The van der Waals surface area contributed by atoms with Crippen molar-refractivity contribution in [1.82, 2.24) is 10.2 Å². The highest BCUT2D eigenvalue weighted by Crippen LogP contribution is 2.18. The lowest BCUT2D eigenvalue weighted by molar-refractivity contribution is 0.168. The summed E-state index contributed by atoms with van der Waals surface area (Å²) in [4.78, 5) is 2.60. The van der Waals surface area contributed by atoms with Crippen LogP contribution in [0.25, 0.3) is 0 Å². The molecule has 2 unspecified atom stereocenters. The van der Waals surface area contributed by atoms with Gasteiger partial charge in [0.25, 0.3) is 0 Å². The third kappa shape index (κ3) is 4.48. The van der Waals surface area contributed by atoms with Gasteiger partial charge in [-0.25, -0.2) is 0 Å². The molecule has 2 atom stereocenters. The smallest absolute Gasteiger partial charge is 0.0409 e. The second-order valence-corrected chi connectivity index (χ2v) is 6.07. The zero-order chi connectivity index (χ0) is 13.7. The quantitative estimate of drug-likeness (QED) is 0.881. The van der Waals surface area contributed by atoms with Gasteiger partial charge >= 0.3 is 0 Å². The van der Waals surface area contributed by atoms with Gasteiger partial charge in [0.05, 0.1) is 0 Å². The van der Waals surface area contributed by atoms with Gasteiger partial charge in [0.1, 0.15) is 0 Å². The van der Waals surface area contributed by atoms with E-state index in [9.17, 15) is 0 Å². The Kier molecular flexibility index (Phi) is 5.68. The lowest BCUT2D eigenvalue weighted by Crippen LogP contribution is -2.43. The van der Waals surface area contributed by atoms with Gasteiger partial charge in [-0.15, -0.1) is 0 Å². The molecule has 1 fully saturated rings. The topological polar surface area (TPSA) is 15.3 Å². The van der Waals surface area contributed by atoms with E-state index in [1.165, 1.54) is 37.9 Å². The average molecular weight is 281 g/mol. The molecule has 1 N–H and O–H groups in total. The van der Waals surface area contributed by atoms with Crippen LogP contribution in [0, 0.1) is 0 Å². The highest BCUT2D eigenvalue weighted by molar-refractivity contribution is 6.30. The third-order valence-corrected chi connectivity index (χ3v) is 4.32. The Labute approximate surface area is 122 Å². The van der Waals surface area contributed by atoms with Gasteiger partial charge in [-0.3, -0.25) is 4.90 Å². The first-order valence-corrected chi connectivity index (χ1v) is 7.77. The molecule has 1 aliphatic heterocycles. The summed E-state index contributed by atoms with van der Waals surface area (Å²) in [6.07, 6.45) is 4.11. The zero-order valence-corrected chi connectivity index (χ0v) is 12.8. The molecule has 106 valence electrons. The zero-order valence-electron chi connectivity index (χ0n) is 12.0. The summed E-state index contributed by atoms with van der Waals surface area (Å²) in [7, 11) is 0. The minimum absolute atomic E-state index is 0.353. The SMILES string of the molecule is CC(NCC(C)N1CCCCC1)c1cccc(Cl)c1. The van der Waals surface area contributed by atoms with E-state index in [1.807, 2.05) is 18.2 Å². The Bertz CT molecular complexity index is 388. The Hall–Kier alpha value is -0.570. The summed E-state index contributed by atoms with van der Waals surface area (Å²) in [5, 5.41) is 4.44. The first kappa shape index (κ1) is 14.8. The molecule has 1 aromatic carbocycles. The third-order valence-electron chi connectivity index (χ3n) is 4.08. The highest BCUT2D eigenvalue weighted by atomic mass is 35.5. The number of likely N-dealkylation sites (tertiary alicyclic amines) is 1. The molecule has 1 heterocycles. The lowest BCUT2D eigenvalue weighted by Gasteiger charge is -2.33. The van der Waals surface area contributed by atoms with Crippen LogP contribution in [0.1, 0.15) is 44.7 Å². The maximum Gasteiger partial charge on any atom is 0.0409 e. The molecule has 0 radical (unpaired) electrons. The van der Waals surface area contributed by atoms with Crippen LogP contribution in [0.5, 0.6) is 0 Å². The number of hydrogen-bond acceptors (Lipinski definition) is 2. The molecule has 2 rings (SSSR count). The van der Waals surface area contributed by atoms with Crippen molar-refractivity contribution in [3.63, 3.8) is 0 Å². The van der Waals surface area contributed by atoms with Gasteiger partial charge < -0.3 is 5.32 Å². The molecule has 1 aliphatic rings. The average Bonchev–Trinajstić information content (AvgIpc) is 2.45. The fourth-order valence-electron chi connectivity index (χ4n) is 2.73. The van der Waals surface area contributed by atoms with Crippen molar-refractivity contribution in [2.45, 2.75) is 45.2 Å². The van der Waals surface area contributed by atoms with Gasteiger partial charge in [-0.2, -0.15) is 0 Å². The number of nitrogens with zero attached hydrogens (tertiary/aromatic N) is 1. The molecule has 0 saturated carbocycles. The molecule has 0 bridgehead atoms. The van der Waals surface area contributed by atoms with Crippen LogP contribution in [0.4, 0.5) is 0 Å². The van der Waals surface area contributed by atoms with Gasteiger partial charge in [-0.1, -0.05) is 30.2 Å². The first-order valence-electron chi connectivity index (χ1n) is 7.39. The molecule has 0 amide bonds. The monoisotopic (exact) mass is 280 g/mol. The minimum atomic E-state index is 0.353. The molecule has 1 aromatic rings. The number of rotatable bonds is 5. The number of piperidine rings is 1. The van der Waals surface area contributed by atoms with E-state index in [4.69, 9.17) is 11.6 Å². The fraction of sp³-hybridized carbons (Fsp3) is 0.625. The van der Waals surface area contributed by atoms with E-state index in [0.29, 0.717) is 12.1 Å². The number of hydrogen-bond donors (Lipinski definition) is 1. The van der Waals surface area contributed by atoms with Crippen molar-refractivity contribution in [2.75, 3.05) is 19.6 Å². The molecular formula is C16H25ClN2. The van der Waals surface area contributed by atoms with Crippen molar-refractivity contribution in [1.29, 1.82) is 0 Å². The largest absolute Gasteiger partial charge is 0.309 e. The van der Waals surface area contributed by atoms with Gasteiger partial charge in [0, 0.05) is 23.7 Å². The van der Waals surface area contributed by atoms with Crippen LogP contribution in [-0.4, -0.2) is 30.6 Å². The predicted molar refractivity (Wildman–Crippen MR) is 82.8 cm³/mol. The van der Waals surface area contributed by atoms with Crippen LogP contribution < -0.4 is 5.32 Å². The van der Waals surface area contributed by atoms with Gasteiger partial charge in [-0.05, 0) is 57.5 Å². The normalized spacial score (nSPS) is 20.2. The summed E-state index contributed by atoms with van der Waals surface area (Å²) in [5.41, 5.74) is 1.26. The fourth-order valence-corrected chi connectivity index (χ4v) is 2.93. The summed E-state index contributed by atoms with van der Waals surface area (Å²) in [6, 6.07) is 9.09. The van der Waals surface area contributed by atoms with Crippen LogP contribution in [-0.2, 0) is 0 Å². The number of benzene rings is 1. The standard InChI is InChI=1S/C16H25ClN2/c1-13(19-9-4-3-5-10-19)12-18-14(2)15-7-6-8-16(17)11-15/h6-8,11,13-14,18H,3-5,9-10,12H2,1-2H3. The lowest BCUT2D eigenvalue weighted by atomic mass is 10.1. The van der Waals surface area contributed by atoms with E-state index in [0.717, 1.165) is 11.6 Å². The van der Waals surface area contributed by atoms with E-state index >= 15 is 0 Å². The number of nitrogens with one attached hydrogen (secondary N) is 1. The summed E-state index contributed by atoms with van der Waals surface area (Å²) >= 11 is 6.04. The molecule has 2 nitrogen and oxygen atoms in total. The van der Waals surface area contributed by atoms with Gasteiger partial charge in [0.2, 0.25) is 0 Å². The maximum atomic E-state index is 6.04. The molecule has 1 saturated heterocycles. The summed E-state index contributed by atoms with van der Waals surface area (Å²) < 4.78 is 0.